The van der Waals surface area contributed by atoms with E-state index < -0.39 is 0 Å². The smallest absolute Gasteiger partial charge is 0.129 e. The van der Waals surface area contributed by atoms with Gasteiger partial charge in [0.2, 0.25) is 0 Å². The Labute approximate surface area is 185 Å². The number of rotatable bonds is 5. The Morgan fingerprint density at radius 2 is 1.27 bits per heavy atom. The van der Waals surface area contributed by atoms with Crippen LogP contribution in [0.25, 0.3) is 0 Å². The number of halogens is 1. The molecule has 0 atom stereocenters. The average Bonchev–Trinajstić information content (AvgIpc) is 2.77. The maximum Gasteiger partial charge on any atom is 0.129 e. The molecule has 0 nitrogen and oxygen atoms in total. The van der Waals surface area contributed by atoms with Gasteiger partial charge in [-0.3, -0.25) is 0 Å². The van der Waals surface area contributed by atoms with Crippen LogP contribution in [0.4, 0.5) is 4.39 Å². The summed E-state index contributed by atoms with van der Waals surface area (Å²) in [6.45, 7) is 6.80. The summed E-state index contributed by atoms with van der Waals surface area (Å²) in [6.07, 6.45) is 18.8. The first-order chi connectivity index (χ1) is 14.5. The third kappa shape index (κ3) is 5.31. The van der Waals surface area contributed by atoms with E-state index in [1.165, 1.54) is 89.0 Å². The second kappa shape index (κ2) is 10.2. The van der Waals surface area contributed by atoms with Crippen molar-refractivity contribution in [2.24, 2.45) is 29.6 Å². The van der Waals surface area contributed by atoms with Crippen molar-refractivity contribution in [3.63, 3.8) is 0 Å². The first kappa shape index (κ1) is 22.3. The Morgan fingerprint density at radius 1 is 0.733 bits per heavy atom. The largest absolute Gasteiger partial charge is 0.206 e. The predicted molar refractivity (Wildman–Crippen MR) is 126 cm³/mol. The minimum Gasteiger partial charge on any atom is -0.206 e. The van der Waals surface area contributed by atoms with Gasteiger partial charge in [-0.15, -0.1) is 0 Å². The summed E-state index contributed by atoms with van der Waals surface area (Å²) < 4.78 is 15.2. The minimum absolute atomic E-state index is 0.113. The molecule has 30 heavy (non-hydrogen) atoms. The van der Waals surface area contributed by atoms with E-state index in [9.17, 15) is 0 Å². The standard InChI is InChI=1S/C29H45F/c1-20-4-11-25(12-5-20)26-16-9-23(10-17-26)8-15-24-18-19-28(29(30)22(24)3)27-13-6-21(2)7-14-27/h18-21,23,25-27H,4-17H2,1-3H3. The van der Waals surface area contributed by atoms with Crippen LogP contribution >= 0.6 is 0 Å². The van der Waals surface area contributed by atoms with E-state index in [1.54, 1.807) is 0 Å². The Bertz CT molecular complexity index is 668. The highest BCUT2D eigenvalue weighted by Gasteiger charge is 2.30. The topological polar surface area (TPSA) is 0 Å². The third-order valence-electron chi connectivity index (χ3n) is 9.42. The van der Waals surface area contributed by atoms with Crippen molar-refractivity contribution in [1.29, 1.82) is 0 Å². The molecule has 1 aromatic rings. The molecule has 4 rings (SSSR count). The fourth-order valence-corrected chi connectivity index (χ4v) is 6.97. The lowest BCUT2D eigenvalue weighted by Crippen LogP contribution is -2.25. The Balaban J connectivity index is 1.27. The first-order valence-electron chi connectivity index (χ1n) is 13.3. The van der Waals surface area contributed by atoms with Gasteiger partial charge in [-0.1, -0.05) is 64.5 Å². The highest BCUT2D eigenvalue weighted by atomic mass is 19.1. The Kier molecular flexibility index (Phi) is 7.58. The van der Waals surface area contributed by atoms with Gasteiger partial charge in [-0.2, -0.15) is 0 Å². The first-order valence-corrected chi connectivity index (χ1v) is 13.3. The lowest BCUT2D eigenvalue weighted by molar-refractivity contribution is 0.148. The summed E-state index contributed by atoms with van der Waals surface area (Å²) in [6, 6.07) is 4.40. The highest BCUT2D eigenvalue weighted by Crippen LogP contribution is 2.42. The van der Waals surface area contributed by atoms with Gasteiger partial charge in [0, 0.05) is 0 Å². The SMILES string of the molecule is Cc1c(CCC2CCC(C3CCC(C)CC3)CC2)ccc(C2CCC(C)CC2)c1F. The molecule has 0 radical (unpaired) electrons. The summed E-state index contributed by atoms with van der Waals surface area (Å²) in [7, 11) is 0. The third-order valence-corrected chi connectivity index (χ3v) is 9.42. The monoisotopic (exact) mass is 412 g/mol. The van der Waals surface area contributed by atoms with Crippen LogP contribution in [0.15, 0.2) is 12.1 Å². The van der Waals surface area contributed by atoms with Gasteiger partial charge in [0.15, 0.2) is 0 Å². The van der Waals surface area contributed by atoms with Crippen LogP contribution in [-0.4, -0.2) is 0 Å². The molecule has 3 fully saturated rings. The molecule has 0 aliphatic heterocycles. The van der Waals surface area contributed by atoms with Crippen LogP contribution in [0.5, 0.6) is 0 Å². The predicted octanol–water partition coefficient (Wildman–Crippen LogP) is 8.99. The molecule has 0 amide bonds. The van der Waals surface area contributed by atoms with Crippen molar-refractivity contribution < 1.29 is 4.39 Å². The maximum absolute atomic E-state index is 15.2. The summed E-state index contributed by atoms with van der Waals surface area (Å²) in [5, 5.41) is 0. The number of benzene rings is 1. The van der Waals surface area contributed by atoms with Crippen LogP contribution in [-0.2, 0) is 6.42 Å². The van der Waals surface area contributed by atoms with Crippen LogP contribution in [0.1, 0.15) is 120 Å². The summed E-state index contributed by atoms with van der Waals surface area (Å²) >= 11 is 0. The van der Waals surface area contributed by atoms with Gasteiger partial charge in [-0.05, 0) is 110 Å². The molecule has 0 aromatic heterocycles. The van der Waals surface area contributed by atoms with Crippen molar-refractivity contribution in [2.45, 2.75) is 117 Å². The van der Waals surface area contributed by atoms with E-state index in [0.29, 0.717) is 5.92 Å². The van der Waals surface area contributed by atoms with Crippen molar-refractivity contribution in [2.75, 3.05) is 0 Å². The zero-order valence-electron chi connectivity index (χ0n) is 19.9. The van der Waals surface area contributed by atoms with Gasteiger partial charge in [-0.25, -0.2) is 4.39 Å². The molecular formula is C29H45F. The molecule has 1 heteroatoms. The lowest BCUT2D eigenvalue weighted by atomic mass is 9.69. The molecule has 0 N–H and O–H groups in total. The molecule has 3 saturated carbocycles. The second-order valence-corrected chi connectivity index (χ2v) is 11.5. The normalized spacial score (nSPS) is 35.3. The molecule has 168 valence electrons. The van der Waals surface area contributed by atoms with E-state index >= 15 is 4.39 Å². The number of hydrogen-bond acceptors (Lipinski definition) is 0. The van der Waals surface area contributed by atoms with Crippen LogP contribution in [0.2, 0.25) is 0 Å². The quantitative estimate of drug-likeness (QED) is 0.452. The van der Waals surface area contributed by atoms with Gasteiger partial charge >= 0.3 is 0 Å². The summed E-state index contributed by atoms with van der Waals surface area (Å²) in [4.78, 5) is 0. The molecule has 3 aliphatic carbocycles. The Hall–Kier alpha value is -0.850. The van der Waals surface area contributed by atoms with Crippen molar-refractivity contribution in [1.82, 2.24) is 0 Å². The maximum atomic E-state index is 15.2. The molecule has 0 unspecified atom stereocenters. The lowest BCUT2D eigenvalue weighted by Gasteiger charge is -2.37. The van der Waals surface area contributed by atoms with Gasteiger partial charge in [0.1, 0.15) is 5.82 Å². The van der Waals surface area contributed by atoms with Crippen LogP contribution in [0, 0.1) is 42.3 Å². The van der Waals surface area contributed by atoms with E-state index in [2.05, 4.69) is 26.0 Å². The van der Waals surface area contributed by atoms with Gasteiger partial charge in [0.05, 0.1) is 0 Å². The molecule has 0 heterocycles. The van der Waals surface area contributed by atoms with Crippen molar-refractivity contribution in [3.8, 4) is 0 Å². The van der Waals surface area contributed by atoms with E-state index in [4.69, 9.17) is 0 Å². The zero-order chi connectivity index (χ0) is 21.1. The molecule has 1 aromatic carbocycles. The molecule has 0 bridgehead atoms. The minimum atomic E-state index is 0.113. The highest BCUT2D eigenvalue weighted by molar-refractivity contribution is 5.35. The van der Waals surface area contributed by atoms with Gasteiger partial charge in [0.25, 0.3) is 0 Å². The number of aryl methyl sites for hydroxylation is 1. The molecule has 3 aliphatic rings. The second-order valence-electron chi connectivity index (χ2n) is 11.5. The van der Waals surface area contributed by atoms with E-state index in [0.717, 1.165) is 47.1 Å². The van der Waals surface area contributed by atoms with Crippen LogP contribution < -0.4 is 0 Å². The zero-order valence-corrected chi connectivity index (χ0v) is 19.9. The fraction of sp³-hybridized carbons (Fsp3) is 0.793. The van der Waals surface area contributed by atoms with E-state index in [-0.39, 0.29) is 5.82 Å². The van der Waals surface area contributed by atoms with E-state index in [1.807, 2.05) is 6.92 Å². The fourth-order valence-electron chi connectivity index (χ4n) is 6.97. The number of hydrogen-bond donors (Lipinski definition) is 0. The summed E-state index contributed by atoms with van der Waals surface area (Å²) in [5.74, 6) is 5.25. The molecular weight excluding hydrogens is 367 g/mol. The van der Waals surface area contributed by atoms with Gasteiger partial charge < -0.3 is 0 Å². The summed E-state index contributed by atoms with van der Waals surface area (Å²) in [5.41, 5.74) is 3.21. The average molecular weight is 413 g/mol. The van der Waals surface area contributed by atoms with Crippen molar-refractivity contribution in [3.05, 3.63) is 34.6 Å². The van der Waals surface area contributed by atoms with Crippen LogP contribution in [0.3, 0.4) is 0 Å². The molecule has 0 saturated heterocycles. The molecule has 0 spiro atoms. The Morgan fingerprint density at radius 3 is 1.87 bits per heavy atom. The van der Waals surface area contributed by atoms with Crippen molar-refractivity contribution >= 4 is 0 Å².